The molecule has 20 heavy (non-hydrogen) atoms. The van der Waals surface area contributed by atoms with Gasteiger partial charge in [-0.2, -0.15) is 0 Å². The summed E-state index contributed by atoms with van der Waals surface area (Å²) in [6.45, 7) is 8.21. The lowest BCUT2D eigenvalue weighted by Crippen LogP contribution is -2.48. The lowest BCUT2D eigenvalue weighted by Gasteiger charge is -2.39. The van der Waals surface area contributed by atoms with E-state index in [1.54, 1.807) is 10.9 Å². The topological polar surface area (TPSA) is 77.0 Å². The van der Waals surface area contributed by atoms with Gasteiger partial charge in [-0.1, -0.05) is 5.21 Å². The molecule has 6 heteroatoms. The summed E-state index contributed by atoms with van der Waals surface area (Å²) < 4.78 is 1.58. The van der Waals surface area contributed by atoms with Crippen LogP contribution < -0.4 is 5.73 Å². The summed E-state index contributed by atoms with van der Waals surface area (Å²) in [5, 5.41) is 8.05. The van der Waals surface area contributed by atoms with E-state index < -0.39 is 5.54 Å². The number of aromatic nitrogens is 3. The highest BCUT2D eigenvalue weighted by Crippen LogP contribution is 2.23. The fourth-order valence-corrected chi connectivity index (χ4v) is 2.80. The van der Waals surface area contributed by atoms with E-state index in [2.05, 4.69) is 24.2 Å². The van der Waals surface area contributed by atoms with Gasteiger partial charge in [0.05, 0.1) is 11.7 Å². The van der Waals surface area contributed by atoms with Crippen LogP contribution in [0.2, 0.25) is 0 Å². The highest BCUT2D eigenvalue weighted by atomic mass is 16.2. The van der Waals surface area contributed by atoms with Gasteiger partial charge in [0.1, 0.15) is 12.2 Å². The summed E-state index contributed by atoms with van der Waals surface area (Å²) in [6, 6.07) is 0.611. The Labute approximate surface area is 120 Å². The van der Waals surface area contributed by atoms with Gasteiger partial charge in [-0.15, -0.1) is 5.10 Å². The van der Waals surface area contributed by atoms with Crippen molar-refractivity contribution >= 4 is 5.91 Å². The maximum absolute atomic E-state index is 12.5. The van der Waals surface area contributed by atoms with Gasteiger partial charge in [0.2, 0.25) is 5.91 Å². The molecule has 1 aromatic rings. The van der Waals surface area contributed by atoms with E-state index in [-0.39, 0.29) is 12.5 Å². The lowest BCUT2D eigenvalue weighted by atomic mass is 9.97. The van der Waals surface area contributed by atoms with Crippen LogP contribution in [0.4, 0.5) is 0 Å². The molecule has 2 atom stereocenters. The molecule has 1 aliphatic rings. The second-order valence-corrected chi connectivity index (χ2v) is 6.45. The normalized spacial score (nSPS) is 23.9. The summed E-state index contributed by atoms with van der Waals surface area (Å²) in [6.07, 6.45) is 5.11. The number of rotatable bonds is 3. The Morgan fingerprint density at radius 3 is 2.50 bits per heavy atom. The van der Waals surface area contributed by atoms with Gasteiger partial charge >= 0.3 is 0 Å². The largest absolute Gasteiger partial charge is 0.336 e. The van der Waals surface area contributed by atoms with E-state index in [0.29, 0.717) is 17.8 Å². The predicted octanol–water partition coefficient (Wildman–Crippen LogP) is 1.26. The predicted molar refractivity (Wildman–Crippen MR) is 76.9 cm³/mol. The minimum atomic E-state index is -0.535. The van der Waals surface area contributed by atoms with E-state index in [9.17, 15) is 4.79 Å². The fourth-order valence-electron chi connectivity index (χ4n) is 2.80. The second kappa shape index (κ2) is 5.52. The van der Waals surface area contributed by atoms with Crippen LogP contribution in [-0.4, -0.2) is 37.9 Å². The summed E-state index contributed by atoms with van der Waals surface area (Å²) in [5.41, 5.74) is 6.14. The van der Waals surface area contributed by atoms with E-state index >= 15 is 0 Å². The molecule has 1 aliphatic heterocycles. The van der Waals surface area contributed by atoms with E-state index in [1.807, 2.05) is 18.7 Å². The van der Waals surface area contributed by atoms with Crippen LogP contribution in [0.3, 0.4) is 0 Å². The van der Waals surface area contributed by atoms with Crippen molar-refractivity contribution in [3.8, 4) is 0 Å². The average molecular weight is 279 g/mol. The first-order valence-electron chi connectivity index (χ1n) is 7.29. The molecule has 2 unspecified atom stereocenters. The van der Waals surface area contributed by atoms with Gasteiger partial charge in [-0.05, 0) is 47.0 Å². The lowest BCUT2D eigenvalue weighted by molar-refractivity contribution is -0.138. The molecule has 2 rings (SSSR count). The van der Waals surface area contributed by atoms with Crippen molar-refractivity contribution in [1.82, 2.24) is 19.9 Å². The fraction of sp³-hybridized carbons (Fsp3) is 0.786. The van der Waals surface area contributed by atoms with Gasteiger partial charge in [0.15, 0.2) is 0 Å². The van der Waals surface area contributed by atoms with E-state index in [4.69, 9.17) is 5.73 Å². The minimum Gasteiger partial charge on any atom is -0.336 e. The Hall–Kier alpha value is -1.43. The van der Waals surface area contributed by atoms with Crippen LogP contribution in [0.5, 0.6) is 0 Å². The molecule has 0 bridgehead atoms. The SMILES string of the molecule is CC1CCCC(C)N1C(=O)Cn1cc(C(C)(C)N)nn1. The zero-order chi connectivity index (χ0) is 14.9. The van der Waals surface area contributed by atoms with Crippen LogP contribution in [0, 0.1) is 0 Å². The van der Waals surface area contributed by atoms with Crippen molar-refractivity contribution in [2.45, 2.75) is 71.1 Å². The van der Waals surface area contributed by atoms with Crippen LogP contribution in [0.1, 0.15) is 52.7 Å². The molecule has 112 valence electrons. The third-order valence-electron chi connectivity index (χ3n) is 3.98. The Morgan fingerprint density at radius 2 is 2.00 bits per heavy atom. The van der Waals surface area contributed by atoms with Crippen molar-refractivity contribution < 1.29 is 4.79 Å². The number of likely N-dealkylation sites (tertiary alicyclic amines) is 1. The first-order chi connectivity index (χ1) is 9.29. The Balaban J connectivity index is 2.05. The molecule has 0 spiro atoms. The number of hydrogen-bond donors (Lipinski definition) is 1. The summed E-state index contributed by atoms with van der Waals surface area (Å²) in [7, 11) is 0. The van der Waals surface area contributed by atoms with E-state index in [0.717, 1.165) is 12.8 Å². The third-order valence-corrected chi connectivity index (χ3v) is 3.98. The zero-order valence-electron chi connectivity index (χ0n) is 12.8. The number of carbonyl (C=O) groups excluding carboxylic acids is 1. The molecule has 1 fully saturated rings. The first kappa shape index (κ1) is 15.0. The molecule has 1 amide bonds. The molecular weight excluding hydrogens is 254 g/mol. The molecule has 2 heterocycles. The van der Waals surface area contributed by atoms with Crippen LogP contribution in [0.25, 0.3) is 0 Å². The average Bonchev–Trinajstić information content (AvgIpc) is 2.76. The van der Waals surface area contributed by atoms with Gasteiger partial charge < -0.3 is 10.6 Å². The quantitative estimate of drug-likeness (QED) is 0.903. The Kier molecular flexibility index (Phi) is 4.13. The second-order valence-electron chi connectivity index (χ2n) is 6.45. The number of piperidine rings is 1. The minimum absolute atomic E-state index is 0.107. The first-order valence-corrected chi connectivity index (χ1v) is 7.29. The number of nitrogens with two attached hydrogens (primary N) is 1. The highest BCUT2D eigenvalue weighted by Gasteiger charge is 2.29. The van der Waals surface area contributed by atoms with Crippen molar-refractivity contribution in [2.75, 3.05) is 0 Å². The smallest absolute Gasteiger partial charge is 0.244 e. The van der Waals surface area contributed by atoms with Gasteiger partial charge in [0.25, 0.3) is 0 Å². The van der Waals surface area contributed by atoms with Crippen LogP contribution >= 0.6 is 0 Å². The van der Waals surface area contributed by atoms with Crippen molar-refractivity contribution in [3.63, 3.8) is 0 Å². The van der Waals surface area contributed by atoms with Crippen molar-refractivity contribution in [3.05, 3.63) is 11.9 Å². The van der Waals surface area contributed by atoms with E-state index in [1.165, 1.54) is 6.42 Å². The number of nitrogens with zero attached hydrogens (tertiary/aromatic N) is 4. The van der Waals surface area contributed by atoms with Crippen molar-refractivity contribution in [2.24, 2.45) is 5.73 Å². The van der Waals surface area contributed by atoms with Gasteiger partial charge in [0, 0.05) is 12.1 Å². The third kappa shape index (κ3) is 3.17. The number of hydrogen-bond acceptors (Lipinski definition) is 4. The molecule has 6 nitrogen and oxygen atoms in total. The Bertz CT molecular complexity index is 466. The molecule has 1 aromatic heterocycles. The Morgan fingerprint density at radius 1 is 1.40 bits per heavy atom. The molecule has 1 saturated heterocycles. The van der Waals surface area contributed by atoms with Crippen molar-refractivity contribution in [1.29, 1.82) is 0 Å². The molecule has 2 N–H and O–H groups in total. The zero-order valence-corrected chi connectivity index (χ0v) is 12.8. The monoisotopic (exact) mass is 279 g/mol. The summed E-state index contributed by atoms with van der Waals surface area (Å²) >= 11 is 0. The molecule has 0 aliphatic carbocycles. The summed E-state index contributed by atoms with van der Waals surface area (Å²) in [5.74, 6) is 0.107. The standard InChI is InChI=1S/C14H25N5O/c1-10-6-5-7-11(2)19(10)13(20)9-18-8-12(16-17-18)14(3,4)15/h8,10-11H,5-7,9,15H2,1-4H3. The number of amides is 1. The van der Waals surface area contributed by atoms with Gasteiger partial charge in [-0.25, -0.2) is 4.68 Å². The highest BCUT2D eigenvalue weighted by molar-refractivity contribution is 5.76. The molecule has 0 saturated carbocycles. The molecule has 0 radical (unpaired) electrons. The maximum Gasteiger partial charge on any atom is 0.244 e. The maximum atomic E-state index is 12.5. The number of carbonyl (C=O) groups is 1. The van der Waals surface area contributed by atoms with Crippen LogP contribution in [-0.2, 0) is 16.9 Å². The summed E-state index contributed by atoms with van der Waals surface area (Å²) in [4.78, 5) is 14.4. The van der Waals surface area contributed by atoms with Crippen LogP contribution in [0.15, 0.2) is 6.20 Å². The molecular formula is C14H25N5O. The molecule has 0 aromatic carbocycles. The van der Waals surface area contributed by atoms with Gasteiger partial charge in [-0.3, -0.25) is 4.79 Å².